The topological polar surface area (TPSA) is 102 Å². The van der Waals surface area contributed by atoms with Crippen molar-refractivity contribution >= 4 is 33.7 Å². The molecule has 2 bridgehead atoms. The van der Waals surface area contributed by atoms with Crippen LogP contribution in [-0.2, 0) is 10.3 Å². The number of benzene rings is 1. The van der Waals surface area contributed by atoms with Gasteiger partial charge in [-0.15, -0.1) is 6.42 Å². The maximum Gasteiger partial charge on any atom is 0.234 e. The first-order valence-corrected chi connectivity index (χ1v) is 12.8. The molecule has 1 aromatic carbocycles. The highest BCUT2D eigenvalue weighted by Gasteiger charge is 2.51. The summed E-state index contributed by atoms with van der Waals surface area (Å²) < 4.78 is 2.26. The summed E-state index contributed by atoms with van der Waals surface area (Å²) in [6.07, 6.45) is 15.1. The second kappa shape index (κ2) is 8.56. The number of carbonyl (C=O) groups excluding carboxylic acids is 1. The molecule has 0 atom stereocenters. The monoisotopic (exact) mass is 493 g/mol. The minimum absolute atomic E-state index is 0.0849. The van der Waals surface area contributed by atoms with Crippen LogP contribution in [0, 0.1) is 12.3 Å². The SMILES string of the molecule is C#Cc1c(-c2cnc3ccccc3c2)c2c(N)ncnc2n1C12CCC(NC(=O)CN(C)C)(CC1)CC2. The lowest BCUT2D eigenvalue weighted by Gasteiger charge is -2.54. The van der Waals surface area contributed by atoms with Gasteiger partial charge in [0.05, 0.1) is 17.4 Å². The average Bonchev–Trinajstić information content (AvgIpc) is 3.25. The maximum atomic E-state index is 12.6. The Labute approximate surface area is 216 Å². The Morgan fingerprint density at radius 1 is 1.14 bits per heavy atom. The largest absolute Gasteiger partial charge is 0.383 e. The maximum absolute atomic E-state index is 12.6. The van der Waals surface area contributed by atoms with Crippen molar-refractivity contribution < 1.29 is 4.79 Å². The number of carbonyl (C=O) groups is 1. The van der Waals surface area contributed by atoms with E-state index in [1.807, 2.05) is 49.5 Å². The van der Waals surface area contributed by atoms with Crippen molar-refractivity contribution in [2.75, 3.05) is 26.4 Å². The molecule has 8 heteroatoms. The van der Waals surface area contributed by atoms with Crippen LogP contribution in [0.25, 0.3) is 33.1 Å². The summed E-state index contributed by atoms with van der Waals surface area (Å²) in [7, 11) is 3.83. The van der Waals surface area contributed by atoms with E-state index in [1.54, 1.807) is 0 Å². The van der Waals surface area contributed by atoms with E-state index in [4.69, 9.17) is 22.1 Å². The molecular formula is C29H31N7O. The fraction of sp³-hybridized carbons (Fsp3) is 0.379. The molecule has 3 N–H and O–H groups in total. The molecule has 0 unspecified atom stereocenters. The lowest BCUT2D eigenvalue weighted by Crippen LogP contribution is -2.60. The van der Waals surface area contributed by atoms with Crippen LogP contribution >= 0.6 is 0 Å². The number of pyridine rings is 1. The number of aromatic nitrogens is 4. The molecule has 0 spiro atoms. The Hall–Kier alpha value is -3.96. The molecule has 0 saturated heterocycles. The average molecular weight is 494 g/mol. The van der Waals surface area contributed by atoms with Gasteiger partial charge in [-0.05, 0) is 64.8 Å². The van der Waals surface area contributed by atoms with Crippen LogP contribution < -0.4 is 11.1 Å². The summed E-state index contributed by atoms with van der Waals surface area (Å²) in [5, 5.41) is 5.17. The number of terminal acetylenes is 1. The van der Waals surface area contributed by atoms with E-state index in [9.17, 15) is 4.79 Å². The van der Waals surface area contributed by atoms with Crippen molar-refractivity contribution in [1.29, 1.82) is 0 Å². The third kappa shape index (κ3) is 3.73. The summed E-state index contributed by atoms with van der Waals surface area (Å²) in [6.45, 7) is 0.399. The minimum Gasteiger partial charge on any atom is -0.383 e. The summed E-state index contributed by atoms with van der Waals surface area (Å²) in [6, 6.07) is 10.1. The van der Waals surface area contributed by atoms with Crippen molar-refractivity contribution in [3.05, 3.63) is 48.5 Å². The second-order valence-corrected chi connectivity index (χ2v) is 10.9. The lowest BCUT2D eigenvalue weighted by molar-refractivity contribution is -0.125. The zero-order chi connectivity index (χ0) is 25.8. The fourth-order valence-electron chi connectivity index (χ4n) is 6.53. The molecule has 37 heavy (non-hydrogen) atoms. The Bertz CT molecular complexity index is 1550. The third-order valence-corrected chi connectivity index (χ3v) is 8.34. The van der Waals surface area contributed by atoms with E-state index in [0.717, 1.165) is 77.3 Å². The van der Waals surface area contributed by atoms with Gasteiger partial charge in [-0.1, -0.05) is 24.1 Å². The highest BCUT2D eigenvalue weighted by atomic mass is 16.2. The van der Waals surface area contributed by atoms with E-state index < -0.39 is 0 Å². The van der Waals surface area contributed by atoms with Gasteiger partial charge in [0.2, 0.25) is 5.91 Å². The predicted molar refractivity (Wildman–Crippen MR) is 146 cm³/mol. The highest BCUT2D eigenvalue weighted by Crippen LogP contribution is 2.54. The van der Waals surface area contributed by atoms with Gasteiger partial charge in [-0.3, -0.25) is 9.78 Å². The molecule has 3 saturated carbocycles. The smallest absolute Gasteiger partial charge is 0.234 e. The van der Waals surface area contributed by atoms with Crippen LogP contribution in [0.2, 0.25) is 0 Å². The number of amides is 1. The van der Waals surface area contributed by atoms with Gasteiger partial charge in [-0.2, -0.15) is 0 Å². The summed E-state index contributed by atoms with van der Waals surface area (Å²) in [5.41, 5.74) is 10.4. The molecule has 3 aromatic heterocycles. The first-order valence-electron chi connectivity index (χ1n) is 12.8. The quantitative estimate of drug-likeness (QED) is 0.411. The predicted octanol–water partition coefficient (Wildman–Crippen LogP) is 3.69. The molecule has 188 valence electrons. The molecule has 0 radical (unpaired) electrons. The van der Waals surface area contributed by atoms with Gasteiger partial charge < -0.3 is 20.5 Å². The van der Waals surface area contributed by atoms with Crippen LogP contribution in [0.3, 0.4) is 0 Å². The number of rotatable bonds is 5. The Balaban J connectivity index is 1.46. The fourth-order valence-corrected chi connectivity index (χ4v) is 6.53. The Morgan fingerprint density at radius 3 is 2.57 bits per heavy atom. The molecule has 1 amide bonds. The van der Waals surface area contributed by atoms with E-state index in [2.05, 4.69) is 26.9 Å². The lowest BCUT2D eigenvalue weighted by atomic mass is 9.61. The molecular weight excluding hydrogens is 462 g/mol. The standard InChI is InChI=1S/C29H31N7O/c1-4-22-24(20-15-19-7-5-6-8-21(19)31-16-20)25-26(30)32-18-33-27(25)36(22)29-12-9-28(10-13-29,11-14-29)34-23(37)17-35(2)3/h1,5-8,15-16,18H,9-14,17H2,2-3H3,(H,34,37)(H2,30,32,33). The molecule has 3 fully saturated rings. The Kier molecular flexibility index (Phi) is 5.42. The number of hydrogen-bond donors (Lipinski definition) is 2. The van der Waals surface area contributed by atoms with Crippen LogP contribution in [0.15, 0.2) is 42.9 Å². The number of fused-ring (bicyclic) bond motifs is 5. The van der Waals surface area contributed by atoms with E-state index in [0.29, 0.717) is 12.4 Å². The third-order valence-electron chi connectivity index (χ3n) is 8.34. The zero-order valence-electron chi connectivity index (χ0n) is 21.3. The van der Waals surface area contributed by atoms with Crippen molar-refractivity contribution in [3.8, 4) is 23.5 Å². The normalized spacial score (nSPS) is 23.0. The molecule has 8 nitrogen and oxygen atoms in total. The first-order chi connectivity index (χ1) is 17.8. The number of likely N-dealkylation sites (N-methyl/N-ethyl adjacent to an activating group) is 1. The number of nitrogens with zero attached hydrogens (tertiary/aromatic N) is 5. The van der Waals surface area contributed by atoms with Gasteiger partial charge in [-0.25, -0.2) is 9.97 Å². The van der Waals surface area contributed by atoms with E-state index in [1.165, 1.54) is 6.33 Å². The number of nitrogens with one attached hydrogen (secondary N) is 1. The van der Waals surface area contributed by atoms with Crippen molar-refractivity contribution in [1.82, 2.24) is 29.7 Å². The second-order valence-electron chi connectivity index (χ2n) is 10.9. The molecule has 3 aliphatic rings. The summed E-state index contributed by atoms with van der Waals surface area (Å²) in [4.78, 5) is 28.2. The highest BCUT2D eigenvalue weighted by molar-refractivity contribution is 6.04. The molecule has 3 heterocycles. The van der Waals surface area contributed by atoms with Gasteiger partial charge in [0.1, 0.15) is 23.5 Å². The molecule has 0 aliphatic heterocycles. The van der Waals surface area contributed by atoms with Crippen molar-refractivity contribution in [2.45, 2.75) is 49.6 Å². The first kappa shape index (κ1) is 23.4. The van der Waals surface area contributed by atoms with Crippen LogP contribution in [0.5, 0.6) is 0 Å². The van der Waals surface area contributed by atoms with Gasteiger partial charge in [0.25, 0.3) is 0 Å². The zero-order valence-corrected chi connectivity index (χ0v) is 21.3. The number of nitrogens with two attached hydrogens (primary N) is 1. The van der Waals surface area contributed by atoms with Crippen LogP contribution in [0.4, 0.5) is 5.82 Å². The van der Waals surface area contributed by atoms with Crippen LogP contribution in [0.1, 0.15) is 44.2 Å². The summed E-state index contributed by atoms with van der Waals surface area (Å²) in [5.74, 6) is 3.50. The number of hydrogen-bond acceptors (Lipinski definition) is 6. The minimum atomic E-state index is -0.183. The van der Waals surface area contributed by atoms with Gasteiger partial charge in [0, 0.05) is 33.8 Å². The summed E-state index contributed by atoms with van der Waals surface area (Å²) >= 11 is 0. The molecule has 3 aliphatic carbocycles. The number of nitrogen functional groups attached to an aromatic ring is 1. The van der Waals surface area contributed by atoms with E-state index in [-0.39, 0.29) is 17.0 Å². The number of anilines is 1. The molecule has 4 aromatic rings. The number of para-hydroxylation sites is 1. The van der Waals surface area contributed by atoms with Crippen molar-refractivity contribution in [2.24, 2.45) is 0 Å². The van der Waals surface area contributed by atoms with E-state index >= 15 is 0 Å². The van der Waals surface area contributed by atoms with Gasteiger partial charge in [0.15, 0.2) is 0 Å². The van der Waals surface area contributed by atoms with Crippen molar-refractivity contribution in [3.63, 3.8) is 0 Å². The molecule has 7 rings (SSSR count). The van der Waals surface area contributed by atoms with Crippen LogP contribution in [-0.4, -0.2) is 56.5 Å². The van der Waals surface area contributed by atoms with Gasteiger partial charge >= 0.3 is 0 Å². The Morgan fingerprint density at radius 2 is 1.86 bits per heavy atom.